The van der Waals surface area contributed by atoms with Gasteiger partial charge in [-0.15, -0.1) is 0 Å². The number of hydrogen-bond donors (Lipinski definition) is 0. The maximum Gasteiger partial charge on any atom is 0.362 e. The second-order valence-corrected chi connectivity index (χ2v) is 5.17. The summed E-state index contributed by atoms with van der Waals surface area (Å²) in [4.78, 5) is 12.1. The Morgan fingerprint density at radius 1 is 1.05 bits per heavy atom. The molecule has 0 saturated heterocycles. The minimum Gasteiger partial charge on any atom is -0.421 e. The van der Waals surface area contributed by atoms with Gasteiger partial charge in [0.1, 0.15) is 5.58 Å². The zero-order chi connectivity index (χ0) is 14.4. The summed E-state index contributed by atoms with van der Waals surface area (Å²) >= 11 is 5.98. The summed E-state index contributed by atoms with van der Waals surface area (Å²) in [6.07, 6.45) is 1.80. The first-order chi connectivity index (χ1) is 10.2. The van der Waals surface area contributed by atoms with Crippen LogP contribution in [0.5, 0.6) is 0 Å². The van der Waals surface area contributed by atoms with E-state index in [1.807, 2.05) is 24.3 Å². The Morgan fingerprint density at radius 3 is 2.76 bits per heavy atom. The zero-order valence-electron chi connectivity index (χ0n) is 10.8. The third kappa shape index (κ3) is 2.00. The topological polar surface area (TPSA) is 48.0 Å². The van der Waals surface area contributed by atoms with E-state index in [4.69, 9.17) is 16.0 Å². The molecule has 0 aliphatic carbocycles. The highest BCUT2D eigenvalue weighted by molar-refractivity contribution is 6.31. The van der Waals surface area contributed by atoms with Gasteiger partial charge in [-0.05, 0) is 30.3 Å². The first-order valence-electron chi connectivity index (χ1n) is 6.39. The van der Waals surface area contributed by atoms with Crippen LogP contribution in [-0.4, -0.2) is 9.78 Å². The van der Waals surface area contributed by atoms with Gasteiger partial charge >= 0.3 is 5.63 Å². The average Bonchev–Trinajstić information content (AvgIpc) is 2.90. The Bertz CT molecular complexity index is 1000. The molecule has 0 spiro atoms. The standard InChI is InChI=1S/C16H9ClN2O2/c17-12-5-6-15-11(7-12)8-14(16(20)21-15)19-9-10-3-1-2-4-13(10)18-19/h1-9H. The van der Waals surface area contributed by atoms with Crippen molar-refractivity contribution < 1.29 is 4.42 Å². The highest BCUT2D eigenvalue weighted by Crippen LogP contribution is 2.21. The molecule has 0 aliphatic rings. The third-order valence-electron chi connectivity index (χ3n) is 3.34. The second kappa shape index (κ2) is 4.46. The second-order valence-electron chi connectivity index (χ2n) is 4.73. The smallest absolute Gasteiger partial charge is 0.362 e. The van der Waals surface area contributed by atoms with Crippen molar-refractivity contribution in [1.82, 2.24) is 9.78 Å². The van der Waals surface area contributed by atoms with Crippen molar-refractivity contribution in [2.45, 2.75) is 0 Å². The van der Waals surface area contributed by atoms with Crippen LogP contribution in [0.2, 0.25) is 5.02 Å². The summed E-state index contributed by atoms with van der Waals surface area (Å²) in [5.41, 5.74) is 1.26. The van der Waals surface area contributed by atoms with Gasteiger partial charge in [0, 0.05) is 22.0 Å². The monoisotopic (exact) mass is 296 g/mol. The molecule has 0 saturated carbocycles. The van der Waals surface area contributed by atoms with Gasteiger partial charge in [-0.1, -0.05) is 29.8 Å². The number of benzene rings is 2. The van der Waals surface area contributed by atoms with E-state index in [0.29, 0.717) is 16.3 Å². The van der Waals surface area contributed by atoms with Crippen LogP contribution in [0.3, 0.4) is 0 Å². The van der Waals surface area contributed by atoms with Crippen LogP contribution in [0.25, 0.3) is 27.6 Å². The van der Waals surface area contributed by atoms with Crippen molar-refractivity contribution >= 4 is 33.5 Å². The Labute approximate surface area is 124 Å². The van der Waals surface area contributed by atoms with E-state index in [2.05, 4.69) is 5.10 Å². The summed E-state index contributed by atoms with van der Waals surface area (Å²) in [6, 6.07) is 14.5. The van der Waals surface area contributed by atoms with Gasteiger partial charge in [-0.3, -0.25) is 0 Å². The fraction of sp³-hybridized carbons (Fsp3) is 0. The van der Waals surface area contributed by atoms with Gasteiger partial charge in [0.15, 0.2) is 5.69 Å². The van der Waals surface area contributed by atoms with Crippen LogP contribution < -0.4 is 5.63 Å². The van der Waals surface area contributed by atoms with Crippen molar-refractivity contribution in [3.63, 3.8) is 0 Å². The predicted octanol–water partition coefficient (Wildman–Crippen LogP) is 3.79. The van der Waals surface area contributed by atoms with Gasteiger partial charge in [-0.25, -0.2) is 9.48 Å². The molecule has 2 aromatic carbocycles. The van der Waals surface area contributed by atoms with Crippen molar-refractivity contribution in [3.05, 3.63) is 70.2 Å². The Balaban J connectivity index is 2.00. The quantitative estimate of drug-likeness (QED) is 0.502. The molecule has 21 heavy (non-hydrogen) atoms. The summed E-state index contributed by atoms with van der Waals surface area (Å²) in [5, 5.41) is 6.71. The molecular formula is C16H9ClN2O2. The molecule has 4 rings (SSSR count). The van der Waals surface area contributed by atoms with Crippen LogP contribution in [0.4, 0.5) is 0 Å². The highest BCUT2D eigenvalue weighted by atomic mass is 35.5. The third-order valence-corrected chi connectivity index (χ3v) is 3.57. The molecule has 0 N–H and O–H groups in total. The van der Waals surface area contributed by atoms with E-state index < -0.39 is 5.63 Å². The first kappa shape index (κ1) is 12.2. The van der Waals surface area contributed by atoms with Gasteiger partial charge in [0.2, 0.25) is 0 Å². The van der Waals surface area contributed by atoms with E-state index in [0.717, 1.165) is 16.3 Å². The molecule has 0 atom stereocenters. The average molecular weight is 297 g/mol. The summed E-state index contributed by atoms with van der Waals surface area (Å²) < 4.78 is 6.86. The summed E-state index contributed by atoms with van der Waals surface area (Å²) in [6.45, 7) is 0. The predicted molar refractivity (Wildman–Crippen MR) is 82.1 cm³/mol. The van der Waals surface area contributed by atoms with Crippen LogP contribution in [0, 0.1) is 0 Å². The molecule has 0 bridgehead atoms. The Hall–Kier alpha value is -2.59. The molecule has 5 heteroatoms. The number of rotatable bonds is 1. The molecule has 0 fully saturated rings. The van der Waals surface area contributed by atoms with Crippen molar-refractivity contribution in [3.8, 4) is 5.69 Å². The lowest BCUT2D eigenvalue weighted by atomic mass is 10.2. The van der Waals surface area contributed by atoms with E-state index >= 15 is 0 Å². The first-order valence-corrected chi connectivity index (χ1v) is 6.77. The fourth-order valence-corrected chi connectivity index (χ4v) is 2.51. The molecule has 2 aromatic heterocycles. The minimum atomic E-state index is -0.433. The van der Waals surface area contributed by atoms with Crippen LogP contribution in [-0.2, 0) is 0 Å². The molecule has 0 radical (unpaired) electrons. The van der Waals surface area contributed by atoms with E-state index in [1.54, 1.807) is 30.5 Å². The van der Waals surface area contributed by atoms with Gasteiger partial charge in [-0.2, -0.15) is 5.10 Å². The Kier molecular flexibility index (Phi) is 2.59. The van der Waals surface area contributed by atoms with Crippen LogP contribution in [0.1, 0.15) is 0 Å². The van der Waals surface area contributed by atoms with Gasteiger partial charge in [0.05, 0.1) is 5.52 Å². The summed E-state index contributed by atoms with van der Waals surface area (Å²) in [7, 11) is 0. The molecule has 0 amide bonds. The lowest BCUT2D eigenvalue weighted by Gasteiger charge is -2.02. The number of aromatic nitrogens is 2. The van der Waals surface area contributed by atoms with Gasteiger partial charge in [0.25, 0.3) is 0 Å². The van der Waals surface area contributed by atoms with Gasteiger partial charge < -0.3 is 4.42 Å². The molecule has 4 nitrogen and oxygen atoms in total. The van der Waals surface area contributed by atoms with E-state index in [-0.39, 0.29) is 0 Å². The largest absolute Gasteiger partial charge is 0.421 e. The van der Waals surface area contributed by atoms with Crippen molar-refractivity contribution in [1.29, 1.82) is 0 Å². The lowest BCUT2D eigenvalue weighted by molar-refractivity contribution is 0.552. The zero-order valence-corrected chi connectivity index (χ0v) is 11.5. The molecule has 4 aromatic rings. The molecular weight excluding hydrogens is 288 g/mol. The number of nitrogens with zero attached hydrogens (tertiary/aromatic N) is 2. The Morgan fingerprint density at radius 2 is 1.90 bits per heavy atom. The number of halogens is 1. The van der Waals surface area contributed by atoms with E-state index in [9.17, 15) is 4.79 Å². The van der Waals surface area contributed by atoms with Crippen LogP contribution >= 0.6 is 11.6 Å². The molecule has 102 valence electrons. The minimum absolute atomic E-state index is 0.362. The maximum absolute atomic E-state index is 12.1. The summed E-state index contributed by atoms with van der Waals surface area (Å²) in [5.74, 6) is 0. The van der Waals surface area contributed by atoms with Crippen LogP contribution in [0.15, 0.2) is 63.9 Å². The van der Waals surface area contributed by atoms with E-state index in [1.165, 1.54) is 4.68 Å². The number of fused-ring (bicyclic) bond motifs is 2. The maximum atomic E-state index is 12.1. The lowest BCUT2D eigenvalue weighted by Crippen LogP contribution is -2.10. The fourth-order valence-electron chi connectivity index (χ4n) is 2.33. The SMILES string of the molecule is O=c1oc2ccc(Cl)cc2cc1-n1cc2ccccc2n1. The molecule has 2 heterocycles. The normalized spacial score (nSPS) is 11.3. The van der Waals surface area contributed by atoms with Crippen molar-refractivity contribution in [2.24, 2.45) is 0 Å². The van der Waals surface area contributed by atoms with Crippen molar-refractivity contribution in [2.75, 3.05) is 0 Å². The number of hydrogen-bond acceptors (Lipinski definition) is 3. The molecule has 0 aliphatic heterocycles. The highest BCUT2D eigenvalue weighted by Gasteiger charge is 2.10. The molecule has 0 unspecified atom stereocenters.